The van der Waals surface area contributed by atoms with E-state index in [4.69, 9.17) is 9.97 Å². The van der Waals surface area contributed by atoms with Crippen molar-refractivity contribution in [1.29, 1.82) is 0 Å². The molecule has 0 radical (unpaired) electrons. The first-order valence-electron chi connectivity index (χ1n) is 10.0. The van der Waals surface area contributed by atoms with Crippen LogP contribution in [-0.2, 0) is 5.75 Å². The zero-order valence-electron chi connectivity index (χ0n) is 17.8. The van der Waals surface area contributed by atoms with Gasteiger partial charge < -0.3 is 10.2 Å². The molecule has 2 rings (SSSR count). The Balaban J connectivity index is 2.12. The van der Waals surface area contributed by atoms with Crippen molar-refractivity contribution >= 4 is 23.5 Å². The zero-order valence-corrected chi connectivity index (χ0v) is 18.6. The number of rotatable bonds is 9. The van der Waals surface area contributed by atoms with E-state index in [-0.39, 0.29) is 11.9 Å². The first-order chi connectivity index (χ1) is 13.3. The van der Waals surface area contributed by atoms with Crippen LogP contribution < -0.4 is 10.2 Å². The number of hydrogen-bond acceptors (Lipinski definition) is 5. The molecule has 5 nitrogen and oxygen atoms in total. The fourth-order valence-corrected chi connectivity index (χ4v) is 3.56. The van der Waals surface area contributed by atoms with Gasteiger partial charge in [0.1, 0.15) is 5.82 Å². The minimum absolute atomic E-state index is 0.0361. The van der Waals surface area contributed by atoms with Gasteiger partial charge in [-0.25, -0.2) is 9.97 Å². The van der Waals surface area contributed by atoms with Crippen molar-refractivity contribution in [3.8, 4) is 0 Å². The quantitative estimate of drug-likeness (QED) is 0.480. The number of carbonyl (C=O) groups excluding carboxylic acids is 1. The molecule has 0 saturated carbocycles. The van der Waals surface area contributed by atoms with Crippen molar-refractivity contribution < 1.29 is 4.79 Å². The molecule has 1 aromatic heterocycles. The van der Waals surface area contributed by atoms with Crippen LogP contribution in [0, 0.1) is 0 Å². The van der Waals surface area contributed by atoms with Crippen LogP contribution in [0.5, 0.6) is 0 Å². The number of thioether (sulfide) groups is 1. The molecule has 1 amide bonds. The van der Waals surface area contributed by atoms with Crippen molar-refractivity contribution in [2.75, 3.05) is 18.0 Å². The number of nitrogens with one attached hydrogen (secondary N) is 1. The van der Waals surface area contributed by atoms with E-state index in [1.54, 1.807) is 11.8 Å². The maximum absolute atomic E-state index is 12.1. The van der Waals surface area contributed by atoms with E-state index in [1.165, 1.54) is 0 Å². The van der Waals surface area contributed by atoms with Crippen molar-refractivity contribution in [3.63, 3.8) is 0 Å². The highest BCUT2D eigenvalue weighted by Gasteiger charge is 2.12. The highest BCUT2D eigenvalue weighted by atomic mass is 32.2. The third kappa shape index (κ3) is 6.23. The van der Waals surface area contributed by atoms with E-state index in [0.29, 0.717) is 11.5 Å². The van der Waals surface area contributed by atoms with Crippen LogP contribution in [0.2, 0.25) is 0 Å². The lowest BCUT2D eigenvalue weighted by molar-refractivity contribution is 0.0943. The Bertz CT molecular complexity index is 771. The van der Waals surface area contributed by atoms with Gasteiger partial charge in [0.2, 0.25) is 0 Å². The van der Waals surface area contributed by atoms with Crippen molar-refractivity contribution in [1.82, 2.24) is 15.3 Å². The van der Waals surface area contributed by atoms with Crippen LogP contribution in [0.15, 0.2) is 35.5 Å². The van der Waals surface area contributed by atoms with Gasteiger partial charge in [0.25, 0.3) is 5.91 Å². The Labute approximate surface area is 173 Å². The summed E-state index contributed by atoms with van der Waals surface area (Å²) < 4.78 is 0. The molecule has 0 aliphatic heterocycles. The van der Waals surface area contributed by atoms with Crippen molar-refractivity contribution in [3.05, 3.63) is 47.2 Å². The third-order valence-electron chi connectivity index (χ3n) is 4.39. The Morgan fingerprint density at radius 1 is 1.07 bits per heavy atom. The summed E-state index contributed by atoms with van der Waals surface area (Å²) in [7, 11) is 0. The minimum atomic E-state index is -0.0361. The summed E-state index contributed by atoms with van der Waals surface area (Å²) >= 11 is 1.63. The van der Waals surface area contributed by atoms with E-state index in [9.17, 15) is 4.79 Å². The Kier molecular flexibility index (Phi) is 8.30. The van der Waals surface area contributed by atoms with Gasteiger partial charge >= 0.3 is 0 Å². The van der Waals surface area contributed by atoms with Crippen LogP contribution in [0.4, 0.5) is 5.82 Å². The first kappa shape index (κ1) is 22.2. The van der Waals surface area contributed by atoms with E-state index in [1.807, 2.05) is 38.1 Å². The summed E-state index contributed by atoms with van der Waals surface area (Å²) in [6.45, 7) is 14.4. The van der Waals surface area contributed by atoms with Gasteiger partial charge in [-0.1, -0.05) is 37.7 Å². The average Bonchev–Trinajstić information content (AvgIpc) is 2.67. The topological polar surface area (TPSA) is 58.1 Å². The van der Waals surface area contributed by atoms with Gasteiger partial charge in [-0.05, 0) is 51.3 Å². The normalized spacial score (nSPS) is 11.1. The van der Waals surface area contributed by atoms with E-state index >= 15 is 0 Å². The number of anilines is 1. The number of benzene rings is 1. The van der Waals surface area contributed by atoms with Gasteiger partial charge in [0.15, 0.2) is 5.16 Å². The smallest absolute Gasteiger partial charge is 0.251 e. The lowest BCUT2D eigenvalue weighted by Gasteiger charge is -2.21. The van der Waals surface area contributed by atoms with E-state index < -0.39 is 0 Å². The minimum Gasteiger partial charge on any atom is -0.357 e. The first-order valence-corrected chi connectivity index (χ1v) is 11.0. The van der Waals surface area contributed by atoms with Gasteiger partial charge in [0.05, 0.1) is 0 Å². The second kappa shape index (κ2) is 10.5. The standard InChI is InChI=1S/C22H32N4OS/c1-7-26(8-2)20-13-19(15(3)4)24-22(25-20)28-14-17-9-11-18(12-10-17)21(27)23-16(5)6/h9-13,15-16H,7-8,14H2,1-6H3,(H,23,27). The predicted octanol–water partition coefficient (Wildman–Crippen LogP) is 4.88. The van der Waals surface area contributed by atoms with Crippen LogP contribution in [-0.4, -0.2) is 35.0 Å². The molecule has 0 fully saturated rings. The monoisotopic (exact) mass is 400 g/mol. The number of hydrogen-bond donors (Lipinski definition) is 1. The molecule has 0 unspecified atom stereocenters. The molecule has 0 atom stereocenters. The van der Waals surface area contributed by atoms with E-state index in [0.717, 1.165) is 41.1 Å². The van der Waals surface area contributed by atoms with Crippen LogP contribution >= 0.6 is 11.8 Å². The van der Waals surface area contributed by atoms with Crippen molar-refractivity contribution in [2.45, 2.75) is 64.4 Å². The number of amides is 1. The highest BCUT2D eigenvalue weighted by molar-refractivity contribution is 7.98. The third-order valence-corrected chi connectivity index (χ3v) is 5.31. The molecule has 1 N–H and O–H groups in total. The molecule has 0 aliphatic rings. The summed E-state index contributed by atoms with van der Waals surface area (Å²) in [5.74, 6) is 2.08. The molecule has 1 aromatic carbocycles. The summed E-state index contributed by atoms with van der Waals surface area (Å²) in [4.78, 5) is 23.8. The second-order valence-electron chi connectivity index (χ2n) is 7.37. The molecule has 2 aromatic rings. The predicted molar refractivity (Wildman–Crippen MR) is 118 cm³/mol. The van der Waals surface area contributed by atoms with Crippen LogP contribution in [0.3, 0.4) is 0 Å². The van der Waals surface area contributed by atoms with Crippen molar-refractivity contribution in [2.24, 2.45) is 0 Å². The Morgan fingerprint density at radius 3 is 2.25 bits per heavy atom. The molecule has 1 heterocycles. The molecule has 0 saturated heterocycles. The summed E-state index contributed by atoms with van der Waals surface area (Å²) in [5.41, 5.74) is 2.90. The SMILES string of the molecule is CCN(CC)c1cc(C(C)C)nc(SCc2ccc(C(=O)NC(C)C)cc2)n1. The molecule has 28 heavy (non-hydrogen) atoms. The number of aromatic nitrogens is 2. The molecule has 152 valence electrons. The Morgan fingerprint density at radius 2 is 1.71 bits per heavy atom. The van der Waals surface area contributed by atoms with E-state index in [2.05, 4.69) is 44.0 Å². The van der Waals surface area contributed by atoms with Gasteiger partial charge in [-0.3, -0.25) is 4.79 Å². The summed E-state index contributed by atoms with van der Waals surface area (Å²) in [5, 5.41) is 3.71. The molecular formula is C22H32N4OS. The average molecular weight is 401 g/mol. The fourth-order valence-electron chi connectivity index (χ4n) is 2.75. The molecule has 0 spiro atoms. The number of nitrogens with zero attached hydrogens (tertiary/aromatic N) is 3. The molecule has 6 heteroatoms. The second-order valence-corrected chi connectivity index (χ2v) is 8.32. The number of carbonyl (C=O) groups is 1. The zero-order chi connectivity index (χ0) is 20.7. The maximum Gasteiger partial charge on any atom is 0.251 e. The lowest BCUT2D eigenvalue weighted by atomic mass is 10.1. The molecule has 0 aliphatic carbocycles. The van der Waals surface area contributed by atoms with Gasteiger partial charge in [-0.2, -0.15) is 0 Å². The van der Waals surface area contributed by atoms with Crippen LogP contribution in [0.1, 0.15) is 69.1 Å². The van der Waals surface area contributed by atoms with Crippen LogP contribution in [0.25, 0.3) is 0 Å². The largest absolute Gasteiger partial charge is 0.357 e. The fraction of sp³-hybridized carbons (Fsp3) is 0.500. The molecule has 0 bridgehead atoms. The molecular weight excluding hydrogens is 368 g/mol. The highest BCUT2D eigenvalue weighted by Crippen LogP contribution is 2.25. The maximum atomic E-state index is 12.1. The lowest BCUT2D eigenvalue weighted by Crippen LogP contribution is -2.29. The van der Waals surface area contributed by atoms with Gasteiger partial charge in [0, 0.05) is 42.2 Å². The van der Waals surface area contributed by atoms with Gasteiger partial charge in [-0.15, -0.1) is 0 Å². The Hall–Kier alpha value is -2.08. The summed E-state index contributed by atoms with van der Waals surface area (Å²) in [6.07, 6.45) is 0. The summed E-state index contributed by atoms with van der Waals surface area (Å²) in [6, 6.07) is 9.98.